The Labute approximate surface area is 120 Å². The quantitative estimate of drug-likeness (QED) is 0.496. The first-order valence-electron chi connectivity index (χ1n) is 5.73. The SMILES string of the molecule is Cc1cc(NC(=O)N(CCCl)N=O)cc(C)c1C(=O)O. The maximum atomic E-state index is 11.7. The summed E-state index contributed by atoms with van der Waals surface area (Å²) in [4.78, 5) is 33.3. The second-order valence-electron chi connectivity index (χ2n) is 4.11. The van der Waals surface area contributed by atoms with Gasteiger partial charge in [0.05, 0.1) is 17.4 Å². The van der Waals surface area contributed by atoms with E-state index in [1.54, 1.807) is 13.8 Å². The van der Waals surface area contributed by atoms with Crippen molar-refractivity contribution in [2.45, 2.75) is 13.8 Å². The summed E-state index contributed by atoms with van der Waals surface area (Å²) in [5.41, 5.74) is 1.60. The van der Waals surface area contributed by atoms with E-state index in [4.69, 9.17) is 16.7 Å². The van der Waals surface area contributed by atoms with Gasteiger partial charge in [-0.3, -0.25) is 0 Å². The highest BCUT2D eigenvalue weighted by molar-refractivity contribution is 6.18. The Morgan fingerprint density at radius 1 is 1.35 bits per heavy atom. The molecule has 0 heterocycles. The van der Waals surface area contributed by atoms with Crippen LogP contribution in [0, 0.1) is 18.8 Å². The van der Waals surface area contributed by atoms with Crippen molar-refractivity contribution in [2.24, 2.45) is 5.29 Å². The highest BCUT2D eigenvalue weighted by Crippen LogP contribution is 2.20. The molecule has 0 aliphatic heterocycles. The number of carboxylic acids is 1. The molecular weight excluding hydrogens is 286 g/mol. The van der Waals surface area contributed by atoms with Crippen molar-refractivity contribution < 1.29 is 14.7 Å². The second kappa shape index (κ2) is 6.85. The molecule has 1 aromatic rings. The van der Waals surface area contributed by atoms with Gasteiger partial charge in [-0.2, -0.15) is 5.01 Å². The minimum absolute atomic E-state index is 0.0118. The summed E-state index contributed by atoms with van der Waals surface area (Å²) in [5.74, 6) is -0.953. The number of anilines is 1. The van der Waals surface area contributed by atoms with Crippen LogP contribution in [-0.4, -0.2) is 34.5 Å². The van der Waals surface area contributed by atoms with Crippen molar-refractivity contribution in [3.05, 3.63) is 33.7 Å². The summed E-state index contributed by atoms with van der Waals surface area (Å²) in [5, 5.41) is 14.7. The molecule has 8 heteroatoms. The van der Waals surface area contributed by atoms with Gasteiger partial charge in [-0.25, -0.2) is 9.59 Å². The van der Waals surface area contributed by atoms with E-state index in [0.717, 1.165) is 0 Å². The Balaban J connectivity index is 2.97. The molecule has 0 unspecified atom stereocenters. The Bertz CT molecular complexity index is 524. The Morgan fingerprint density at radius 2 is 1.90 bits per heavy atom. The number of benzene rings is 1. The molecule has 0 atom stereocenters. The Kier molecular flexibility index (Phi) is 5.45. The molecule has 0 saturated carbocycles. The normalized spacial score (nSPS) is 9.95. The van der Waals surface area contributed by atoms with Crippen LogP contribution in [0.15, 0.2) is 17.4 Å². The molecule has 0 radical (unpaired) electrons. The zero-order valence-corrected chi connectivity index (χ0v) is 11.8. The summed E-state index contributed by atoms with van der Waals surface area (Å²) in [6.45, 7) is 3.24. The minimum atomic E-state index is -1.03. The molecule has 1 aromatic carbocycles. The zero-order chi connectivity index (χ0) is 15.3. The van der Waals surface area contributed by atoms with Crippen LogP contribution in [0.1, 0.15) is 21.5 Å². The molecule has 0 saturated heterocycles. The number of nitrogens with one attached hydrogen (secondary N) is 1. The van der Waals surface area contributed by atoms with E-state index < -0.39 is 12.0 Å². The van der Waals surface area contributed by atoms with Gasteiger partial charge in [0.1, 0.15) is 0 Å². The van der Waals surface area contributed by atoms with Gasteiger partial charge in [-0.05, 0) is 37.1 Å². The molecule has 20 heavy (non-hydrogen) atoms. The van der Waals surface area contributed by atoms with E-state index >= 15 is 0 Å². The van der Waals surface area contributed by atoms with E-state index in [-0.39, 0.29) is 18.0 Å². The molecule has 0 fully saturated rings. The topological polar surface area (TPSA) is 99.1 Å². The maximum absolute atomic E-state index is 11.7. The number of carbonyl (C=O) groups excluding carboxylic acids is 1. The molecule has 0 bridgehead atoms. The van der Waals surface area contributed by atoms with E-state index in [9.17, 15) is 14.5 Å². The highest BCUT2D eigenvalue weighted by Gasteiger charge is 2.16. The predicted octanol–water partition coefficient (Wildman–Crippen LogP) is 2.76. The average molecular weight is 300 g/mol. The first-order valence-corrected chi connectivity index (χ1v) is 6.26. The number of alkyl halides is 1. The number of carboxylic acid groups (broad SMARTS) is 1. The smallest absolute Gasteiger partial charge is 0.344 e. The summed E-state index contributed by atoms with van der Waals surface area (Å²) < 4.78 is 0. The number of carbonyl (C=O) groups is 2. The van der Waals surface area contributed by atoms with Gasteiger partial charge in [0, 0.05) is 11.6 Å². The minimum Gasteiger partial charge on any atom is -0.478 e. The number of nitrogens with zero attached hydrogens (tertiary/aromatic N) is 2. The van der Waals surface area contributed by atoms with Crippen LogP contribution in [0.3, 0.4) is 0 Å². The third-order valence-corrected chi connectivity index (χ3v) is 2.80. The number of halogens is 1. The molecule has 2 N–H and O–H groups in total. The lowest BCUT2D eigenvalue weighted by Gasteiger charge is -2.14. The van der Waals surface area contributed by atoms with Crippen LogP contribution in [0.4, 0.5) is 10.5 Å². The van der Waals surface area contributed by atoms with Crippen LogP contribution in [0.5, 0.6) is 0 Å². The van der Waals surface area contributed by atoms with Crippen LogP contribution in [0.25, 0.3) is 0 Å². The van der Waals surface area contributed by atoms with Gasteiger partial charge in [0.15, 0.2) is 0 Å². The van der Waals surface area contributed by atoms with Crippen molar-refractivity contribution >= 4 is 29.3 Å². The van der Waals surface area contributed by atoms with Gasteiger partial charge >= 0.3 is 12.0 Å². The number of aryl methyl sites for hydroxylation is 2. The standard InChI is InChI=1S/C12H14ClN3O4/c1-7-5-9(6-8(2)10(7)11(17)18)14-12(19)16(15-20)4-3-13/h5-6H,3-4H2,1-2H3,(H,14,19)(H,17,18). The van der Waals surface area contributed by atoms with Gasteiger partial charge in [0.2, 0.25) is 0 Å². The Morgan fingerprint density at radius 3 is 2.30 bits per heavy atom. The molecule has 108 valence electrons. The van der Waals surface area contributed by atoms with Crippen LogP contribution >= 0.6 is 11.6 Å². The van der Waals surface area contributed by atoms with Crippen LogP contribution < -0.4 is 5.32 Å². The fourth-order valence-electron chi connectivity index (χ4n) is 1.82. The van der Waals surface area contributed by atoms with E-state index in [1.165, 1.54) is 12.1 Å². The van der Waals surface area contributed by atoms with E-state index in [2.05, 4.69) is 10.6 Å². The monoisotopic (exact) mass is 299 g/mol. The summed E-state index contributed by atoms with van der Waals surface area (Å²) in [7, 11) is 0. The Hall–Kier alpha value is -2.15. The van der Waals surface area contributed by atoms with Gasteiger partial charge in [0.25, 0.3) is 0 Å². The summed E-state index contributed by atoms with van der Waals surface area (Å²) in [6.07, 6.45) is 0. The zero-order valence-electron chi connectivity index (χ0n) is 11.0. The van der Waals surface area contributed by atoms with Gasteiger partial charge in [-0.15, -0.1) is 16.5 Å². The number of hydrogen-bond donors (Lipinski definition) is 2. The lowest BCUT2D eigenvalue weighted by molar-refractivity contribution is 0.0695. The maximum Gasteiger partial charge on any atom is 0.344 e. The van der Waals surface area contributed by atoms with E-state index in [0.29, 0.717) is 21.8 Å². The molecular formula is C12H14ClN3O4. The van der Waals surface area contributed by atoms with Crippen molar-refractivity contribution in [3.63, 3.8) is 0 Å². The third kappa shape index (κ3) is 3.67. The van der Waals surface area contributed by atoms with Crippen molar-refractivity contribution in [2.75, 3.05) is 17.7 Å². The number of hydrogen-bond acceptors (Lipinski definition) is 4. The number of aromatic carboxylic acids is 1. The first-order chi connectivity index (χ1) is 9.40. The largest absolute Gasteiger partial charge is 0.478 e. The predicted molar refractivity (Wildman–Crippen MR) is 75.1 cm³/mol. The molecule has 1 rings (SSSR count). The number of nitroso groups, excluding NO2 is 1. The van der Waals surface area contributed by atoms with Crippen LogP contribution in [-0.2, 0) is 0 Å². The molecule has 2 amide bonds. The lowest BCUT2D eigenvalue weighted by Crippen LogP contribution is -2.31. The molecule has 7 nitrogen and oxygen atoms in total. The third-order valence-electron chi connectivity index (χ3n) is 2.63. The molecule has 0 aliphatic carbocycles. The van der Waals surface area contributed by atoms with E-state index in [1.807, 2.05) is 0 Å². The van der Waals surface area contributed by atoms with Crippen molar-refractivity contribution in [1.82, 2.24) is 5.01 Å². The molecule has 0 spiro atoms. The second-order valence-corrected chi connectivity index (χ2v) is 4.49. The number of urea groups is 1. The summed E-state index contributed by atoms with van der Waals surface area (Å²) >= 11 is 5.44. The van der Waals surface area contributed by atoms with Crippen molar-refractivity contribution in [1.29, 1.82) is 0 Å². The fraction of sp³-hybridized carbons (Fsp3) is 0.333. The fourth-order valence-corrected chi connectivity index (χ4v) is 1.98. The van der Waals surface area contributed by atoms with Crippen molar-refractivity contribution in [3.8, 4) is 0 Å². The molecule has 0 aromatic heterocycles. The lowest BCUT2D eigenvalue weighted by atomic mass is 10.0. The average Bonchev–Trinajstić information content (AvgIpc) is 2.34. The van der Waals surface area contributed by atoms with Crippen LogP contribution in [0.2, 0.25) is 0 Å². The van der Waals surface area contributed by atoms with Gasteiger partial charge in [-0.1, -0.05) is 0 Å². The number of rotatable bonds is 5. The first kappa shape index (κ1) is 15.9. The molecule has 0 aliphatic rings. The summed E-state index contributed by atoms with van der Waals surface area (Å²) in [6, 6.07) is 2.30. The number of amides is 2. The highest BCUT2D eigenvalue weighted by atomic mass is 35.5. The van der Waals surface area contributed by atoms with Gasteiger partial charge < -0.3 is 10.4 Å².